The van der Waals surface area contributed by atoms with E-state index in [1.165, 1.54) is 16.9 Å². The summed E-state index contributed by atoms with van der Waals surface area (Å²) >= 11 is 1.35. The summed E-state index contributed by atoms with van der Waals surface area (Å²) in [5.74, 6) is 0. The van der Waals surface area contributed by atoms with Crippen LogP contribution in [0.2, 0.25) is 0 Å². The van der Waals surface area contributed by atoms with Crippen LogP contribution in [0.1, 0.15) is 5.56 Å². The van der Waals surface area contributed by atoms with Gasteiger partial charge in [0, 0.05) is 6.54 Å². The third-order valence-corrected chi connectivity index (χ3v) is 2.44. The molecule has 2 aromatic rings. The summed E-state index contributed by atoms with van der Waals surface area (Å²) in [6.45, 7) is 0.746. The number of rotatable bonds is 3. The molecule has 0 saturated carbocycles. The zero-order chi connectivity index (χ0) is 9.80. The van der Waals surface area contributed by atoms with E-state index in [9.17, 15) is 0 Å². The first-order chi connectivity index (χ1) is 6.84. The van der Waals surface area contributed by atoms with Gasteiger partial charge in [-0.15, -0.1) is 10.2 Å². The minimum absolute atomic E-state index is 0.487. The van der Waals surface area contributed by atoms with Gasteiger partial charge in [-0.1, -0.05) is 41.7 Å². The fraction of sp³-hybridized carbons (Fsp3) is 0.111. The smallest absolute Gasteiger partial charge is 0.207 e. The summed E-state index contributed by atoms with van der Waals surface area (Å²) in [4.78, 5) is 0. The lowest BCUT2D eigenvalue weighted by Crippen LogP contribution is -1.98. The van der Waals surface area contributed by atoms with Crippen LogP contribution in [0.25, 0.3) is 0 Å². The van der Waals surface area contributed by atoms with Gasteiger partial charge < -0.3 is 11.1 Å². The fourth-order valence-corrected chi connectivity index (χ4v) is 1.59. The summed E-state index contributed by atoms with van der Waals surface area (Å²) < 4.78 is 0. The Hall–Kier alpha value is -1.62. The van der Waals surface area contributed by atoms with E-state index in [1.54, 1.807) is 0 Å². The molecule has 0 spiro atoms. The molecule has 3 N–H and O–H groups in total. The number of aromatic nitrogens is 2. The van der Waals surface area contributed by atoms with Crippen LogP contribution in [0, 0.1) is 0 Å². The van der Waals surface area contributed by atoms with Crippen molar-refractivity contribution in [2.45, 2.75) is 6.54 Å². The van der Waals surface area contributed by atoms with Gasteiger partial charge in [0.25, 0.3) is 0 Å². The highest BCUT2D eigenvalue weighted by Gasteiger charge is 1.98. The average Bonchev–Trinajstić information content (AvgIpc) is 2.63. The van der Waals surface area contributed by atoms with E-state index in [1.807, 2.05) is 18.2 Å². The van der Waals surface area contributed by atoms with Crippen LogP contribution in [0.5, 0.6) is 0 Å². The second-order valence-corrected chi connectivity index (χ2v) is 3.79. The molecule has 0 aliphatic rings. The van der Waals surface area contributed by atoms with Gasteiger partial charge >= 0.3 is 0 Å². The van der Waals surface area contributed by atoms with E-state index < -0.39 is 0 Å². The van der Waals surface area contributed by atoms with E-state index in [4.69, 9.17) is 5.73 Å². The Bertz CT molecular complexity index is 398. The van der Waals surface area contributed by atoms with Gasteiger partial charge in [0.1, 0.15) is 0 Å². The predicted octanol–water partition coefficient (Wildman–Crippen LogP) is 1.73. The number of benzene rings is 1. The fourth-order valence-electron chi connectivity index (χ4n) is 1.08. The van der Waals surface area contributed by atoms with Gasteiger partial charge in [0.15, 0.2) is 0 Å². The van der Waals surface area contributed by atoms with E-state index in [2.05, 4.69) is 27.6 Å². The summed E-state index contributed by atoms with van der Waals surface area (Å²) in [7, 11) is 0. The Labute approximate surface area is 85.8 Å². The van der Waals surface area contributed by atoms with Crippen molar-refractivity contribution in [2.24, 2.45) is 0 Å². The Balaban J connectivity index is 1.95. The second-order valence-electron chi connectivity index (χ2n) is 2.78. The highest BCUT2D eigenvalue weighted by molar-refractivity contribution is 7.18. The SMILES string of the molecule is Nc1nnc(NCc2ccccc2)s1. The molecule has 0 atom stereocenters. The number of nitrogens with two attached hydrogens (primary N) is 1. The predicted molar refractivity (Wildman–Crippen MR) is 58.1 cm³/mol. The van der Waals surface area contributed by atoms with Crippen LogP contribution in [0.4, 0.5) is 10.3 Å². The lowest BCUT2D eigenvalue weighted by atomic mass is 10.2. The number of anilines is 2. The Morgan fingerprint density at radius 1 is 1.21 bits per heavy atom. The lowest BCUT2D eigenvalue weighted by Gasteiger charge is -2.00. The number of hydrogen-bond donors (Lipinski definition) is 2. The normalized spacial score (nSPS) is 10.0. The van der Waals surface area contributed by atoms with Crippen LogP contribution in [0.3, 0.4) is 0 Å². The van der Waals surface area contributed by atoms with Crippen LogP contribution in [-0.4, -0.2) is 10.2 Å². The molecular formula is C9H10N4S. The molecule has 1 aromatic heterocycles. The summed E-state index contributed by atoms with van der Waals surface area (Å²) in [5, 5.41) is 12.0. The standard InChI is InChI=1S/C9H10N4S/c10-8-12-13-9(14-8)11-6-7-4-2-1-3-5-7/h1-5H,6H2,(H2,10,12)(H,11,13). The van der Waals surface area contributed by atoms with E-state index in [0.29, 0.717) is 5.13 Å². The Morgan fingerprint density at radius 2 is 2.00 bits per heavy atom. The molecule has 0 unspecified atom stereocenters. The van der Waals surface area contributed by atoms with Crippen LogP contribution >= 0.6 is 11.3 Å². The minimum Gasteiger partial charge on any atom is -0.374 e. The molecule has 1 aromatic carbocycles. The van der Waals surface area contributed by atoms with Gasteiger partial charge in [0.2, 0.25) is 10.3 Å². The molecule has 5 heteroatoms. The Kier molecular flexibility index (Phi) is 2.60. The van der Waals surface area contributed by atoms with Crippen molar-refractivity contribution < 1.29 is 0 Å². The maximum atomic E-state index is 5.45. The maximum absolute atomic E-state index is 5.45. The number of nitrogens with zero attached hydrogens (tertiary/aromatic N) is 2. The van der Waals surface area contributed by atoms with Crippen molar-refractivity contribution in [2.75, 3.05) is 11.1 Å². The Morgan fingerprint density at radius 3 is 2.64 bits per heavy atom. The first-order valence-electron chi connectivity index (χ1n) is 4.21. The van der Waals surface area contributed by atoms with Crippen LogP contribution in [-0.2, 0) is 6.54 Å². The third kappa shape index (κ3) is 2.20. The van der Waals surface area contributed by atoms with Gasteiger partial charge in [-0.2, -0.15) is 0 Å². The third-order valence-electron chi connectivity index (χ3n) is 1.73. The molecule has 0 aliphatic heterocycles. The van der Waals surface area contributed by atoms with Gasteiger partial charge in [-0.05, 0) is 5.56 Å². The van der Waals surface area contributed by atoms with Crippen LogP contribution in [0.15, 0.2) is 30.3 Å². The molecule has 0 aliphatic carbocycles. The molecular weight excluding hydrogens is 196 g/mol. The molecule has 0 bridgehead atoms. The van der Waals surface area contributed by atoms with Crippen molar-refractivity contribution in [3.8, 4) is 0 Å². The zero-order valence-corrected chi connectivity index (χ0v) is 8.29. The molecule has 72 valence electrons. The number of nitrogen functional groups attached to an aromatic ring is 1. The van der Waals surface area contributed by atoms with Crippen molar-refractivity contribution in [1.82, 2.24) is 10.2 Å². The summed E-state index contributed by atoms with van der Waals surface area (Å²) in [5.41, 5.74) is 6.66. The average molecular weight is 206 g/mol. The highest BCUT2D eigenvalue weighted by atomic mass is 32.1. The molecule has 0 amide bonds. The van der Waals surface area contributed by atoms with Gasteiger partial charge in [-0.3, -0.25) is 0 Å². The quantitative estimate of drug-likeness (QED) is 0.802. The van der Waals surface area contributed by atoms with E-state index in [-0.39, 0.29) is 0 Å². The lowest BCUT2D eigenvalue weighted by molar-refractivity contribution is 1.06. The zero-order valence-electron chi connectivity index (χ0n) is 7.47. The highest BCUT2D eigenvalue weighted by Crippen LogP contribution is 2.16. The largest absolute Gasteiger partial charge is 0.374 e. The topological polar surface area (TPSA) is 63.8 Å². The van der Waals surface area contributed by atoms with Crippen molar-refractivity contribution in [3.63, 3.8) is 0 Å². The second kappa shape index (κ2) is 4.06. The number of nitrogens with one attached hydrogen (secondary N) is 1. The molecule has 2 rings (SSSR count). The first-order valence-corrected chi connectivity index (χ1v) is 5.03. The minimum atomic E-state index is 0.487. The summed E-state index contributed by atoms with van der Waals surface area (Å²) in [6.07, 6.45) is 0. The van der Waals surface area contributed by atoms with Crippen molar-refractivity contribution in [3.05, 3.63) is 35.9 Å². The van der Waals surface area contributed by atoms with Gasteiger partial charge in [0.05, 0.1) is 0 Å². The van der Waals surface area contributed by atoms with E-state index in [0.717, 1.165) is 11.7 Å². The monoisotopic (exact) mass is 206 g/mol. The first kappa shape index (κ1) is 8.96. The van der Waals surface area contributed by atoms with Gasteiger partial charge in [-0.25, -0.2) is 0 Å². The molecule has 0 fully saturated rings. The van der Waals surface area contributed by atoms with E-state index >= 15 is 0 Å². The molecule has 4 nitrogen and oxygen atoms in total. The van der Waals surface area contributed by atoms with Crippen molar-refractivity contribution >= 4 is 21.6 Å². The molecule has 14 heavy (non-hydrogen) atoms. The number of hydrogen-bond acceptors (Lipinski definition) is 5. The summed E-state index contributed by atoms with van der Waals surface area (Å²) in [6, 6.07) is 10.1. The molecule has 0 radical (unpaired) electrons. The molecule has 0 saturated heterocycles. The van der Waals surface area contributed by atoms with Crippen molar-refractivity contribution in [1.29, 1.82) is 0 Å². The maximum Gasteiger partial charge on any atom is 0.207 e. The molecule has 1 heterocycles. The van der Waals surface area contributed by atoms with Crippen LogP contribution < -0.4 is 11.1 Å².